The zero-order chi connectivity index (χ0) is 23.1. The first-order valence-electron chi connectivity index (χ1n) is 10.7. The summed E-state index contributed by atoms with van der Waals surface area (Å²) in [5.41, 5.74) is 10.0. The molecule has 33 heavy (non-hydrogen) atoms. The van der Waals surface area contributed by atoms with Crippen LogP contribution in [0.25, 0.3) is 28.1 Å². The number of allylic oxidation sites excluding steroid dienone is 3. The van der Waals surface area contributed by atoms with Crippen molar-refractivity contribution < 1.29 is 4.39 Å². The molecule has 1 N–H and O–H groups in total. The smallest absolute Gasteiger partial charge is 0.161 e. The topological polar surface area (TPSA) is 41.7 Å². The van der Waals surface area contributed by atoms with E-state index < -0.39 is 0 Å². The van der Waals surface area contributed by atoms with E-state index in [1.165, 1.54) is 12.1 Å². The lowest BCUT2D eigenvalue weighted by atomic mass is 9.99. The van der Waals surface area contributed by atoms with Crippen molar-refractivity contribution in [1.29, 1.82) is 0 Å². The minimum atomic E-state index is -0.274. The van der Waals surface area contributed by atoms with Crippen molar-refractivity contribution in [2.24, 2.45) is 4.99 Å². The van der Waals surface area contributed by atoms with Crippen molar-refractivity contribution in [3.8, 4) is 11.3 Å². The number of hydrogen-bond donors (Lipinski definition) is 1. The molecule has 0 radical (unpaired) electrons. The second-order valence-corrected chi connectivity index (χ2v) is 8.15. The van der Waals surface area contributed by atoms with Gasteiger partial charge in [0.25, 0.3) is 0 Å². The Kier molecular flexibility index (Phi) is 5.02. The lowest BCUT2D eigenvalue weighted by Crippen LogP contribution is -1.97. The first-order valence-corrected chi connectivity index (χ1v) is 10.7. The number of nitrogens with zero attached hydrogens (tertiary/aromatic N) is 3. The molecule has 1 aliphatic rings. The van der Waals surface area contributed by atoms with Crippen LogP contribution in [0.2, 0.25) is 0 Å². The Morgan fingerprint density at radius 3 is 2.33 bits per heavy atom. The quantitative estimate of drug-likeness (QED) is 0.358. The van der Waals surface area contributed by atoms with Gasteiger partial charge < -0.3 is 5.32 Å². The minimum Gasteiger partial charge on any atom is -0.352 e. The molecular formula is C28H23FN4. The van der Waals surface area contributed by atoms with E-state index in [2.05, 4.69) is 35.6 Å². The number of anilines is 2. The number of rotatable bonds is 5. The Morgan fingerprint density at radius 1 is 1.00 bits per heavy atom. The zero-order valence-corrected chi connectivity index (χ0v) is 18.6. The summed E-state index contributed by atoms with van der Waals surface area (Å²) >= 11 is 0. The van der Waals surface area contributed by atoms with Gasteiger partial charge in [-0.3, -0.25) is 9.39 Å². The van der Waals surface area contributed by atoms with Crippen LogP contribution in [0.1, 0.15) is 25.1 Å². The highest BCUT2D eigenvalue weighted by atomic mass is 19.1. The molecule has 5 rings (SSSR count). The zero-order valence-electron chi connectivity index (χ0n) is 18.6. The maximum Gasteiger partial charge on any atom is 0.161 e. The number of benzene rings is 2. The van der Waals surface area contributed by atoms with Gasteiger partial charge in [0.2, 0.25) is 0 Å². The average Bonchev–Trinajstić information content (AvgIpc) is 3.36. The molecule has 0 spiro atoms. The number of halogens is 1. The fourth-order valence-electron chi connectivity index (χ4n) is 4.03. The Hall–Kier alpha value is -4.25. The highest BCUT2D eigenvalue weighted by molar-refractivity contribution is 6.14. The van der Waals surface area contributed by atoms with Crippen LogP contribution < -0.4 is 5.32 Å². The maximum atomic E-state index is 13.5. The number of imidazole rings is 1. The summed E-state index contributed by atoms with van der Waals surface area (Å²) in [4.78, 5) is 9.26. The van der Waals surface area contributed by atoms with Gasteiger partial charge in [-0.25, -0.2) is 9.37 Å². The van der Waals surface area contributed by atoms with Crippen molar-refractivity contribution in [3.05, 3.63) is 109 Å². The molecule has 2 aromatic heterocycles. The normalized spacial score (nSPS) is 13.2. The summed E-state index contributed by atoms with van der Waals surface area (Å²) in [7, 11) is 0. The molecule has 0 bridgehead atoms. The predicted molar refractivity (Wildman–Crippen MR) is 135 cm³/mol. The lowest BCUT2D eigenvalue weighted by molar-refractivity contribution is 0.628. The van der Waals surface area contributed by atoms with Gasteiger partial charge >= 0.3 is 0 Å². The largest absolute Gasteiger partial charge is 0.352 e. The van der Waals surface area contributed by atoms with Gasteiger partial charge in [0, 0.05) is 34.9 Å². The van der Waals surface area contributed by atoms with E-state index in [4.69, 9.17) is 4.98 Å². The predicted octanol–water partition coefficient (Wildman–Crippen LogP) is 7.29. The third-order valence-corrected chi connectivity index (χ3v) is 5.80. The van der Waals surface area contributed by atoms with E-state index in [9.17, 15) is 4.39 Å². The first-order chi connectivity index (χ1) is 15.9. The van der Waals surface area contributed by atoms with Crippen LogP contribution >= 0.6 is 0 Å². The second kappa shape index (κ2) is 8.02. The maximum absolute atomic E-state index is 13.5. The molecule has 4 aromatic rings. The monoisotopic (exact) mass is 434 g/mol. The van der Waals surface area contributed by atoms with Crippen LogP contribution in [0.5, 0.6) is 0 Å². The SMILES string of the molecule is C=C1C(c2ccc(Nc3cccn4c(C(=C)C)c(-c5ccc(F)cc5)nc34)cc2)=CN=C1C. The summed E-state index contributed by atoms with van der Waals surface area (Å²) < 4.78 is 15.5. The molecule has 0 fully saturated rings. The number of nitrogens with one attached hydrogen (secondary N) is 1. The van der Waals surface area contributed by atoms with E-state index in [0.717, 1.165) is 62.0 Å². The number of aromatic nitrogens is 2. The molecule has 4 nitrogen and oxygen atoms in total. The van der Waals surface area contributed by atoms with Gasteiger partial charge in [-0.1, -0.05) is 25.3 Å². The molecule has 5 heteroatoms. The van der Waals surface area contributed by atoms with Gasteiger partial charge in [0.15, 0.2) is 5.65 Å². The lowest BCUT2D eigenvalue weighted by Gasteiger charge is -2.10. The average molecular weight is 435 g/mol. The van der Waals surface area contributed by atoms with E-state index in [-0.39, 0.29) is 5.82 Å². The van der Waals surface area contributed by atoms with Crippen LogP contribution in [0.15, 0.2) is 96.8 Å². The Morgan fingerprint density at radius 2 is 1.70 bits per heavy atom. The highest BCUT2D eigenvalue weighted by Crippen LogP contribution is 2.33. The van der Waals surface area contributed by atoms with Crippen molar-refractivity contribution >= 4 is 33.9 Å². The molecule has 0 saturated carbocycles. The van der Waals surface area contributed by atoms with E-state index in [1.807, 2.05) is 54.9 Å². The van der Waals surface area contributed by atoms with Crippen molar-refractivity contribution in [2.45, 2.75) is 13.8 Å². The second-order valence-electron chi connectivity index (χ2n) is 8.15. The van der Waals surface area contributed by atoms with Gasteiger partial charge in [-0.2, -0.15) is 0 Å². The molecular weight excluding hydrogens is 411 g/mol. The summed E-state index contributed by atoms with van der Waals surface area (Å²) in [5.74, 6) is -0.274. The molecule has 0 atom stereocenters. The summed E-state index contributed by atoms with van der Waals surface area (Å²) in [6.07, 6.45) is 3.83. The molecule has 0 amide bonds. The summed E-state index contributed by atoms with van der Waals surface area (Å²) in [5, 5.41) is 3.48. The fraction of sp³-hybridized carbons (Fsp3) is 0.0714. The highest BCUT2D eigenvalue weighted by Gasteiger charge is 2.17. The molecule has 2 aromatic carbocycles. The summed E-state index contributed by atoms with van der Waals surface area (Å²) in [6.45, 7) is 12.2. The van der Waals surface area contributed by atoms with Crippen LogP contribution in [0.4, 0.5) is 15.8 Å². The molecule has 3 heterocycles. The van der Waals surface area contributed by atoms with Gasteiger partial charge in [-0.05, 0) is 79.1 Å². The number of aliphatic imine (C=N–C) groups is 1. The summed E-state index contributed by atoms with van der Waals surface area (Å²) in [6, 6.07) is 18.5. The Balaban J connectivity index is 1.52. The molecule has 1 aliphatic heterocycles. The molecule has 0 saturated heterocycles. The first kappa shape index (κ1) is 20.6. The van der Waals surface area contributed by atoms with Crippen molar-refractivity contribution in [1.82, 2.24) is 9.38 Å². The van der Waals surface area contributed by atoms with Crippen molar-refractivity contribution in [2.75, 3.05) is 5.32 Å². The van der Waals surface area contributed by atoms with E-state index >= 15 is 0 Å². The molecule has 0 unspecified atom stereocenters. The third-order valence-electron chi connectivity index (χ3n) is 5.80. The van der Waals surface area contributed by atoms with Crippen LogP contribution in [-0.4, -0.2) is 15.1 Å². The Bertz CT molecular complexity index is 1470. The Labute approximate surface area is 192 Å². The van der Waals surface area contributed by atoms with Gasteiger partial charge in [0.1, 0.15) is 5.82 Å². The van der Waals surface area contributed by atoms with E-state index in [0.29, 0.717) is 0 Å². The van der Waals surface area contributed by atoms with Gasteiger partial charge in [0.05, 0.1) is 17.1 Å². The van der Waals surface area contributed by atoms with Crippen LogP contribution in [0, 0.1) is 5.82 Å². The number of hydrogen-bond acceptors (Lipinski definition) is 3. The number of fused-ring (bicyclic) bond motifs is 1. The molecule has 162 valence electrons. The van der Waals surface area contributed by atoms with Crippen LogP contribution in [0.3, 0.4) is 0 Å². The van der Waals surface area contributed by atoms with E-state index in [1.54, 1.807) is 12.1 Å². The standard InChI is InChI=1S/C28H23FN4/c1-17(2)27-26(21-7-11-22(29)12-8-21)32-28-25(6-5-15-33(27)28)31-23-13-9-20(10-14-23)24-16-30-19(4)18(24)3/h5-16,31H,1,3H2,2,4H3. The van der Waals surface area contributed by atoms with Gasteiger partial charge in [-0.15, -0.1) is 0 Å². The number of pyridine rings is 1. The van der Waals surface area contributed by atoms with Crippen molar-refractivity contribution in [3.63, 3.8) is 0 Å². The minimum absolute atomic E-state index is 0.274. The van der Waals surface area contributed by atoms with Crippen LogP contribution in [-0.2, 0) is 0 Å². The third kappa shape index (κ3) is 3.68. The molecule has 0 aliphatic carbocycles. The fourth-order valence-corrected chi connectivity index (χ4v) is 4.03.